The van der Waals surface area contributed by atoms with Crippen LogP contribution in [0.2, 0.25) is 0 Å². The maximum absolute atomic E-state index is 5.97. The predicted octanol–water partition coefficient (Wildman–Crippen LogP) is 3.48. The van der Waals surface area contributed by atoms with Crippen LogP contribution in [0.15, 0.2) is 24.3 Å². The summed E-state index contributed by atoms with van der Waals surface area (Å²) in [4.78, 5) is 3.28. The summed E-state index contributed by atoms with van der Waals surface area (Å²) in [5.41, 5.74) is 10.2. The zero-order chi connectivity index (χ0) is 10.8. The van der Waals surface area contributed by atoms with Crippen molar-refractivity contribution in [3.63, 3.8) is 0 Å². The molecule has 1 aromatic heterocycles. The van der Waals surface area contributed by atoms with Crippen LogP contribution in [0.1, 0.15) is 24.6 Å². The molecule has 0 aliphatic carbocycles. The second-order valence-corrected chi connectivity index (χ2v) is 3.83. The molecule has 2 aromatic rings. The highest BCUT2D eigenvalue weighted by molar-refractivity contribution is 5.87. The Kier molecular flexibility index (Phi) is 2.50. The molecular formula is C13H16N2. The van der Waals surface area contributed by atoms with Crippen molar-refractivity contribution in [2.45, 2.75) is 20.3 Å². The van der Waals surface area contributed by atoms with Crippen LogP contribution in [0, 0.1) is 6.92 Å². The Hall–Kier alpha value is -1.70. The number of nitrogens with two attached hydrogens (primary N) is 1. The number of allylic oxidation sites excluding steroid dienone is 1. The molecule has 15 heavy (non-hydrogen) atoms. The van der Waals surface area contributed by atoms with E-state index < -0.39 is 0 Å². The van der Waals surface area contributed by atoms with E-state index >= 15 is 0 Å². The van der Waals surface area contributed by atoms with Crippen molar-refractivity contribution in [1.29, 1.82) is 0 Å². The van der Waals surface area contributed by atoms with Gasteiger partial charge in [0, 0.05) is 22.3 Å². The minimum absolute atomic E-state index is 0.828. The van der Waals surface area contributed by atoms with Crippen LogP contribution in [0.5, 0.6) is 0 Å². The smallest absolute Gasteiger partial charge is 0.0477 e. The molecule has 3 N–H and O–H groups in total. The van der Waals surface area contributed by atoms with Crippen LogP contribution in [-0.4, -0.2) is 4.98 Å². The molecule has 0 fully saturated rings. The lowest BCUT2D eigenvalue weighted by atomic mass is 10.1. The topological polar surface area (TPSA) is 41.8 Å². The van der Waals surface area contributed by atoms with E-state index in [4.69, 9.17) is 5.73 Å². The third kappa shape index (κ3) is 1.89. The molecule has 2 rings (SSSR count). The van der Waals surface area contributed by atoms with E-state index in [0.29, 0.717) is 0 Å². The molecule has 78 valence electrons. The minimum Gasteiger partial charge on any atom is -0.398 e. The summed E-state index contributed by atoms with van der Waals surface area (Å²) in [6.07, 6.45) is 5.23. The Labute approximate surface area is 89.8 Å². The summed E-state index contributed by atoms with van der Waals surface area (Å²) in [6.45, 7) is 4.17. The fourth-order valence-electron chi connectivity index (χ4n) is 1.75. The lowest BCUT2D eigenvalue weighted by Gasteiger charge is -2.00. The van der Waals surface area contributed by atoms with E-state index in [-0.39, 0.29) is 0 Å². The van der Waals surface area contributed by atoms with Gasteiger partial charge in [0.25, 0.3) is 0 Å². The maximum atomic E-state index is 5.97. The maximum Gasteiger partial charge on any atom is 0.0477 e. The Balaban J connectivity index is 2.56. The van der Waals surface area contributed by atoms with Gasteiger partial charge in [-0.15, -0.1) is 0 Å². The molecule has 0 saturated carbocycles. The van der Waals surface area contributed by atoms with Gasteiger partial charge in [0.2, 0.25) is 0 Å². The average Bonchev–Trinajstić information content (AvgIpc) is 2.53. The predicted molar refractivity (Wildman–Crippen MR) is 66.8 cm³/mol. The number of aromatic nitrogens is 1. The Bertz CT molecular complexity index is 506. The Morgan fingerprint density at radius 1 is 1.33 bits per heavy atom. The van der Waals surface area contributed by atoms with Gasteiger partial charge >= 0.3 is 0 Å². The lowest BCUT2D eigenvalue weighted by molar-refractivity contribution is 1.23. The standard InChI is InChI=1S/C13H16N2/c1-3-4-5-10-7-11-6-9(2)15-13(11)8-12(10)14/h4-8,15H,3,14H2,1-2H3/b5-4+. The number of H-pyrrole nitrogens is 1. The number of rotatable bonds is 2. The van der Waals surface area contributed by atoms with E-state index in [2.05, 4.69) is 43.1 Å². The summed E-state index contributed by atoms with van der Waals surface area (Å²) in [6, 6.07) is 6.26. The van der Waals surface area contributed by atoms with Gasteiger partial charge in [-0.1, -0.05) is 19.1 Å². The number of nitrogen functional groups attached to an aromatic ring is 1. The van der Waals surface area contributed by atoms with Gasteiger partial charge in [-0.2, -0.15) is 0 Å². The summed E-state index contributed by atoms with van der Waals surface area (Å²) in [7, 11) is 0. The van der Waals surface area contributed by atoms with Crippen LogP contribution < -0.4 is 5.73 Å². The van der Waals surface area contributed by atoms with Gasteiger partial charge in [-0.05, 0) is 37.1 Å². The molecule has 0 bridgehead atoms. The molecule has 0 amide bonds. The fourth-order valence-corrected chi connectivity index (χ4v) is 1.75. The van der Waals surface area contributed by atoms with Crippen molar-refractivity contribution in [1.82, 2.24) is 4.98 Å². The van der Waals surface area contributed by atoms with Crippen molar-refractivity contribution >= 4 is 22.7 Å². The van der Waals surface area contributed by atoms with Gasteiger partial charge in [-0.3, -0.25) is 0 Å². The number of aromatic amines is 1. The Morgan fingerprint density at radius 3 is 2.87 bits per heavy atom. The first kappa shape index (κ1) is 9.84. The summed E-state index contributed by atoms with van der Waals surface area (Å²) in [5.74, 6) is 0. The van der Waals surface area contributed by atoms with E-state index in [0.717, 1.165) is 23.2 Å². The molecule has 0 radical (unpaired) electrons. The minimum atomic E-state index is 0.828. The van der Waals surface area contributed by atoms with Gasteiger partial charge in [-0.25, -0.2) is 0 Å². The summed E-state index contributed by atoms with van der Waals surface area (Å²) < 4.78 is 0. The first-order valence-corrected chi connectivity index (χ1v) is 5.26. The number of hydrogen-bond acceptors (Lipinski definition) is 1. The highest BCUT2D eigenvalue weighted by Crippen LogP contribution is 2.23. The third-order valence-electron chi connectivity index (χ3n) is 2.49. The van der Waals surface area contributed by atoms with Crippen LogP contribution in [0.25, 0.3) is 17.0 Å². The molecule has 0 atom stereocenters. The Morgan fingerprint density at radius 2 is 2.13 bits per heavy atom. The molecule has 1 aromatic carbocycles. The third-order valence-corrected chi connectivity index (χ3v) is 2.49. The first-order valence-electron chi connectivity index (χ1n) is 5.26. The van der Waals surface area contributed by atoms with Crippen LogP contribution in [-0.2, 0) is 0 Å². The van der Waals surface area contributed by atoms with Crippen LogP contribution in [0.3, 0.4) is 0 Å². The molecule has 0 spiro atoms. The second kappa shape index (κ2) is 3.81. The molecule has 2 heteroatoms. The SMILES string of the molecule is CC/C=C/c1cc2cc(C)[nH]c2cc1N. The highest BCUT2D eigenvalue weighted by atomic mass is 14.7. The second-order valence-electron chi connectivity index (χ2n) is 3.83. The van der Waals surface area contributed by atoms with Gasteiger partial charge in [0.05, 0.1) is 0 Å². The molecule has 0 aliphatic rings. The highest BCUT2D eigenvalue weighted by Gasteiger charge is 2.01. The number of aryl methyl sites for hydroxylation is 1. The van der Waals surface area contributed by atoms with Crippen molar-refractivity contribution in [2.24, 2.45) is 0 Å². The number of nitrogens with one attached hydrogen (secondary N) is 1. The normalized spacial score (nSPS) is 11.6. The van der Waals surface area contributed by atoms with Crippen LogP contribution >= 0.6 is 0 Å². The van der Waals surface area contributed by atoms with E-state index in [1.54, 1.807) is 0 Å². The van der Waals surface area contributed by atoms with E-state index in [1.807, 2.05) is 6.07 Å². The average molecular weight is 200 g/mol. The largest absolute Gasteiger partial charge is 0.398 e. The van der Waals surface area contributed by atoms with Crippen molar-refractivity contribution in [3.8, 4) is 0 Å². The number of hydrogen-bond donors (Lipinski definition) is 2. The number of anilines is 1. The monoisotopic (exact) mass is 200 g/mol. The molecule has 0 saturated heterocycles. The molecule has 0 unspecified atom stereocenters. The van der Waals surface area contributed by atoms with Gasteiger partial charge in [0.1, 0.15) is 0 Å². The van der Waals surface area contributed by atoms with Crippen molar-refractivity contribution < 1.29 is 0 Å². The zero-order valence-corrected chi connectivity index (χ0v) is 9.17. The summed E-state index contributed by atoms with van der Waals surface area (Å²) >= 11 is 0. The molecule has 1 heterocycles. The van der Waals surface area contributed by atoms with Crippen molar-refractivity contribution in [2.75, 3.05) is 5.73 Å². The molecule has 0 aliphatic heterocycles. The lowest BCUT2D eigenvalue weighted by Crippen LogP contribution is -1.88. The number of fused-ring (bicyclic) bond motifs is 1. The van der Waals surface area contributed by atoms with Crippen LogP contribution in [0.4, 0.5) is 5.69 Å². The van der Waals surface area contributed by atoms with Crippen molar-refractivity contribution in [3.05, 3.63) is 35.5 Å². The van der Waals surface area contributed by atoms with E-state index in [1.165, 1.54) is 11.1 Å². The van der Waals surface area contributed by atoms with E-state index in [9.17, 15) is 0 Å². The quantitative estimate of drug-likeness (QED) is 0.716. The fraction of sp³-hybridized carbons (Fsp3) is 0.231. The molecule has 2 nitrogen and oxygen atoms in total. The number of benzene rings is 1. The summed E-state index contributed by atoms with van der Waals surface area (Å²) in [5, 5.41) is 1.22. The van der Waals surface area contributed by atoms with Gasteiger partial charge < -0.3 is 10.7 Å². The first-order chi connectivity index (χ1) is 7.20. The zero-order valence-electron chi connectivity index (χ0n) is 9.17. The van der Waals surface area contributed by atoms with Gasteiger partial charge in [0.15, 0.2) is 0 Å². The molecular weight excluding hydrogens is 184 g/mol.